The lowest BCUT2D eigenvalue weighted by Crippen LogP contribution is -2.46. The van der Waals surface area contributed by atoms with Crippen LogP contribution in [0.2, 0.25) is 0 Å². The molecule has 0 aliphatic rings. The number of carboxylic acids is 1. The number of carbonyl (C=O) groups is 2. The maximum Gasteiger partial charge on any atom is 0.323 e. The molecule has 0 bridgehead atoms. The molecule has 20 heavy (non-hydrogen) atoms. The van der Waals surface area contributed by atoms with Crippen molar-refractivity contribution >= 4 is 17.7 Å². The molecule has 1 aromatic heterocycles. The molecule has 0 aromatic carbocycles. The van der Waals surface area contributed by atoms with Crippen molar-refractivity contribution in [3.63, 3.8) is 0 Å². The number of anilines is 1. The predicted octanol–water partition coefficient (Wildman–Crippen LogP) is 1.49. The van der Waals surface area contributed by atoms with Gasteiger partial charge in [0.15, 0.2) is 0 Å². The summed E-state index contributed by atoms with van der Waals surface area (Å²) in [7, 11) is 0. The minimum Gasteiger partial charge on any atom is -0.480 e. The van der Waals surface area contributed by atoms with E-state index in [1.807, 2.05) is 20.8 Å². The monoisotopic (exact) mass is 279 g/mol. The molecule has 1 heterocycles. The van der Waals surface area contributed by atoms with Crippen LogP contribution < -0.4 is 10.6 Å². The molecule has 0 aliphatic carbocycles. The van der Waals surface area contributed by atoms with Gasteiger partial charge in [0.2, 0.25) is 0 Å². The third-order valence-electron chi connectivity index (χ3n) is 2.93. The van der Waals surface area contributed by atoms with Crippen LogP contribution in [0.3, 0.4) is 0 Å². The van der Waals surface area contributed by atoms with Gasteiger partial charge in [-0.3, -0.25) is 9.59 Å². The Hall–Kier alpha value is -2.11. The van der Waals surface area contributed by atoms with E-state index < -0.39 is 17.4 Å². The zero-order chi connectivity index (χ0) is 15.7. The highest BCUT2D eigenvalue weighted by Gasteiger charge is 2.29. The number of carboxylic acid groups (broad SMARTS) is 1. The Labute approximate surface area is 118 Å². The van der Waals surface area contributed by atoms with Crippen LogP contribution in [0.5, 0.6) is 0 Å². The van der Waals surface area contributed by atoms with Crippen molar-refractivity contribution in [2.45, 2.75) is 40.2 Å². The van der Waals surface area contributed by atoms with E-state index in [4.69, 9.17) is 10.8 Å². The molecule has 0 aliphatic heterocycles. The lowest BCUT2D eigenvalue weighted by molar-refractivity contribution is -0.135. The SMILES string of the molecule is Cc1cc(C)c(C(N)=O)c(N(CC(=O)O)C(C)(C)C)n1. The second kappa shape index (κ2) is 5.48. The molecule has 110 valence electrons. The van der Waals surface area contributed by atoms with Gasteiger partial charge in [-0.05, 0) is 46.2 Å². The number of rotatable bonds is 4. The van der Waals surface area contributed by atoms with Gasteiger partial charge in [-0.25, -0.2) is 4.98 Å². The normalized spacial score (nSPS) is 11.2. The highest BCUT2D eigenvalue weighted by atomic mass is 16.4. The fourth-order valence-electron chi connectivity index (χ4n) is 2.08. The van der Waals surface area contributed by atoms with Crippen LogP contribution in [-0.2, 0) is 4.79 Å². The average molecular weight is 279 g/mol. The maximum absolute atomic E-state index is 11.7. The third kappa shape index (κ3) is 3.46. The average Bonchev–Trinajstić information content (AvgIpc) is 2.21. The van der Waals surface area contributed by atoms with E-state index in [1.54, 1.807) is 24.8 Å². The number of nitrogens with zero attached hydrogens (tertiary/aromatic N) is 2. The lowest BCUT2D eigenvalue weighted by Gasteiger charge is -2.36. The van der Waals surface area contributed by atoms with Gasteiger partial charge < -0.3 is 15.7 Å². The molecule has 3 N–H and O–H groups in total. The van der Waals surface area contributed by atoms with Gasteiger partial charge in [0.05, 0.1) is 5.56 Å². The van der Waals surface area contributed by atoms with Crippen LogP contribution in [0.4, 0.5) is 5.82 Å². The number of carbonyl (C=O) groups excluding carboxylic acids is 1. The minimum absolute atomic E-state index is 0.250. The number of pyridine rings is 1. The van der Waals surface area contributed by atoms with Gasteiger partial charge in [0, 0.05) is 11.2 Å². The first kappa shape index (κ1) is 15.9. The largest absolute Gasteiger partial charge is 0.480 e. The van der Waals surface area contributed by atoms with Crippen molar-refractivity contribution in [1.82, 2.24) is 4.98 Å². The van der Waals surface area contributed by atoms with Gasteiger partial charge in [-0.2, -0.15) is 0 Å². The summed E-state index contributed by atoms with van der Waals surface area (Å²) in [5.41, 5.74) is 6.59. The number of primary amides is 1. The van der Waals surface area contributed by atoms with E-state index in [0.717, 1.165) is 0 Å². The summed E-state index contributed by atoms with van der Waals surface area (Å²) in [6.07, 6.45) is 0. The molecule has 1 rings (SSSR count). The van der Waals surface area contributed by atoms with E-state index in [9.17, 15) is 9.59 Å². The quantitative estimate of drug-likeness (QED) is 0.870. The molecule has 0 saturated heterocycles. The van der Waals surface area contributed by atoms with Gasteiger partial charge in [-0.1, -0.05) is 0 Å². The van der Waals surface area contributed by atoms with Crippen LogP contribution in [0, 0.1) is 13.8 Å². The van der Waals surface area contributed by atoms with E-state index in [2.05, 4.69) is 4.98 Å². The fraction of sp³-hybridized carbons (Fsp3) is 0.500. The summed E-state index contributed by atoms with van der Waals surface area (Å²) in [6.45, 7) is 8.89. The molecule has 0 unspecified atom stereocenters. The molecule has 0 atom stereocenters. The molecule has 0 radical (unpaired) electrons. The number of nitrogens with two attached hydrogens (primary N) is 1. The van der Waals surface area contributed by atoms with E-state index in [1.165, 1.54) is 0 Å². The number of aryl methyl sites for hydroxylation is 2. The molecule has 6 heteroatoms. The predicted molar refractivity (Wildman–Crippen MR) is 77.0 cm³/mol. The summed E-state index contributed by atoms with van der Waals surface area (Å²) >= 11 is 0. The number of aliphatic carboxylic acids is 1. The standard InChI is InChI=1S/C14H21N3O3/c1-8-6-9(2)16-13(11(8)12(15)20)17(7-10(18)19)14(3,4)5/h6H,7H2,1-5H3,(H2,15,20)(H,18,19). The van der Waals surface area contributed by atoms with E-state index in [0.29, 0.717) is 17.1 Å². The molecule has 6 nitrogen and oxygen atoms in total. The summed E-state index contributed by atoms with van der Waals surface area (Å²) in [5, 5.41) is 9.09. The number of aromatic nitrogens is 1. The molecular formula is C14H21N3O3. The Balaban J connectivity index is 3.54. The smallest absolute Gasteiger partial charge is 0.323 e. The number of hydrogen-bond donors (Lipinski definition) is 2. The van der Waals surface area contributed by atoms with Crippen molar-refractivity contribution in [3.8, 4) is 0 Å². The van der Waals surface area contributed by atoms with Gasteiger partial charge in [-0.15, -0.1) is 0 Å². The van der Waals surface area contributed by atoms with Crippen LogP contribution in [-0.4, -0.2) is 34.1 Å². The first-order chi connectivity index (χ1) is 9.04. The molecule has 0 fully saturated rings. The highest BCUT2D eigenvalue weighted by molar-refractivity contribution is 5.99. The number of amides is 1. The first-order valence-electron chi connectivity index (χ1n) is 6.31. The van der Waals surface area contributed by atoms with Crippen molar-refractivity contribution in [3.05, 3.63) is 22.9 Å². The van der Waals surface area contributed by atoms with Crippen molar-refractivity contribution in [2.24, 2.45) is 5.73 Å². The highest BCUT2D eigenvalue weighted by Crippen LogP contribution is 2.28. The Kier molecular flexibility index (Phi) is 4.37. The molecule has 1 amide bonds. The summed E-state index contributed by atoms with van der Waals surface area (Å²) < 4.78 is 0. The van der Waals surface area contributed by atoms with Crippen LogP contribution in [0.15, 0.2) is 6.07 Å². The zero-order valence-electron chi connectivity index (χ0n) is 12.5. The Morgan fingerprint density at radius 2 is 1.90 bits per heavy atom. The van der Waals surface area contributed by atoms with E-state index >= 15 is 0 Å². The first-order valence-corrected chi connectivity index (χ1v) is 6.31. The maximum atomic E-state index is 11.7. The second-order valence-corrected chi connectivity index (χ2v) is 5.79. The summed E-state index contributed by atoms with van der Waals surface area (Å²) in [5.74, 6) is -1.27. The number of hydrogen-bond acceptors (Lipinski definition) is 4. The summed E-state index contributed by atoms with van der Waals surface area (Å²) in [6, 6.07) is 1.76. The third-order valence-corrected chi connectivity index (χ3v) is 2.93. The Bertz CT molecular complexity index is 547. The Morgan fingerprint density at radius 3 is 2.30 bits per heavy atom. The van der Waals surface area contributed by atoms with Crippen molar-refractivity contribution in [1.29, 1.82) is 0 Å². The van der Waals surface area contributed by atoms with Crippen LogP contribution >= 0.6 is 0 Å². The van der Waals surface area contributed by atoms with Crippen molar-refractivity contribution < 1.29 is 14.7 Å². The minimum atomic E-state index is -0.990. The van der Waals surface area contributed by atoms with E-state index in [-0.39, 0.29) is 12.1 Å². The molecule has 0 saturated carbocycles. The van der Waals surface area contributed by atoms with Gasteiger partial charge >= 0.3 is 5.97 Å². The topological polar surface area (TPSA) is 96.5 Å². The van der Waals surface area contributed by atoms with Crippen molar-refractivity contribution in [2.75, 3.05) is 11.4 Å². The summed E-state index contributed by atoms with van der Waals surface area (Å²) in [4.78, 5) is 28.7. The van der Waals surface area contributed by atoms with Crippen LogP contribution in [0.25, 0.3) is 0 Å². The Morgan fingerprint density at radius 1 is 1.35 bits per heavy atom. The van der Waals surface area contributed by atoms with Gasteiger partial charge in [0.1, 0.15) is 12.4 Å². The van der Waals surface area contributed by atoms with Crippen LogP contribution in [0.1, 0.15) is 42.4 Å². The lowest BCUT2D eigenvalue weighted by atomic mass is 10.0. The molecular weight excluding hydrogens is 258 g/mol. The second-order valence-electron chi connectivity index (χ2n) is 5.79. The van der Waals surface area contributed by atoms with Gasteiger partial charge in [0.25, 0.3) is 5.91 Å². The zero-order valence-corrected chi connectivity index (χ0v) is 12.5. The molecule has 1 aromatic rings. The fourth-order valence-corrected chi connectivity index (χ4v) is 2.08. The molecule has 0 spiro atoms.